The number of fused-ring (bicyclic) bond motifs is 1. The third-order valence-corrected chi connectivity index (χ3v) is 4.92. The van der Waals surface area contributed by atoms with Crippen molar-refractivity contribution in [2.24, 2.45) is 0 Å². The number of nitrogen functional groups attached to an aromatic ring is 1. The molecule has 10 nitrogen and oxygen atoms in total. The first kappa shape index (κ1) is 18.6. The Labute approximate surface area is 160 Å². The van der Waals surface area contributed by atoms with E-state index in [1.54, 1.807) is 0 Å². The van der Waals surface area contributed by atoms with Crippen LogP contribution in [-0.2, 0) is 4.74 Å². The van der Waals surface area contributed by atoms with E-state index in [4.69, 9.17) is 10.5 Å². The summed E-state index contributed by atoms with van der Waals surface area (Å²) in [5.41, 5.74) is 7.68. The van der Waals surface area contributed by atoms with Gasteiger partial charge in [-0.3, -0.25) is 4.57 Å². The molecule has 10 heteroatoms. The highest BCUT2D eigenvalue weighted by Gasteiger charge is 2.45. The summed E-state index contributed by atoms with van der Waals surface area (Å²) in [4.78, 5) is 12.7. The van der Waals surface area contributed by atoms with E-state index < -0.39 is 31.1 Å². The maximum atomic E-state index is 10.5. The van der Waals surface area contributed by atoms with Crippen molar-refractivity contribution in [3.63, 3.8) is 0 Å². The predicted molar refractivity (Wildman–Crippen MR) is 101 cm³/mol. The van der Waals surface area contributed by atoms with Crippen LogP contribution in [0.2, 0.25) is 0 Å². The standard InChI is InChI=1S/C18H22N6O4/c1-9(10-5-3-2-4-6-10)22-18-23-12-15(19)20-8-21-16(12)24(18)17-14(27)13(26)11(7-25)28-17/h2-6,8-9,11,13-14,17,25-27H,7H2,1H3,(H,22,23)(H2,19,20,21)/t9-,11+,13+,14+,17+/m0/s1. The number of rotatable bonds is 5. The van der Waals surface area contributed by atoms with Gasteiger partial charge in [0.15, 0.2) is 23.2 Å². The maximum absolute atomic E-state index is 10.5. The zero-order chi connectivity index (χ0) is 19.8. The Morgan fingerprint density at radius 1 is 1.21 bits per heavy atom. The second-order valence-corrected chi connectivity index (χ2v) is 6.74. The van der Waals surface area contributed by atoms with Gasteiger partial charge in [0.1, 0.15) is 24.6 Å². The Morgan fingerprint density at radius 3 is 2.64 bits per heavy atom. The zero-order valence-corrected chi connectivity index (χ0v) is 15.2. The van der Waals surface area contributed by atoms with E-state index in [1.165, 1.54) is 10.9 Å². The number of aliphatic hydroxyl groups excluding tert-OH is 3. The molecule has 0 bridgehead atoms. The van der Waals surface area contributed by atoms with E-state index in [1.807, 2.05) is 37.3 Å². The first-order chi connectivity index (χ1) is 13.5. The summed E-state index contributed by atoms with van der Waals surface area (Å²) >= 11 is 0. The number of anilines is 2. The third kappa shape index (κ3) is 3.06. The van der Waals surface area contributed by atoms with Crippen molar-refractivity contribution < 1.29 is 20.1 Å². The molecule has 1 aliphatic heterocycles. The van der Waals surface area contributed by atoms with Crippen LogP contribution in [0.15, 0.2) is 36.7 Å². The molecule has 6 N–H and O–H groups in total. The molecule has 5 atom stereocenters. The molecule has 3 aromatic rings. The lowest BCUT2D eigenvalue weighted by molar-refractivity contribution is -0.0501. The fourth-order valence-electron chi connectivity index (χ4n) is 3.38. The highest BCUT2D eigenvalue weighted by molar-refractivity contribution is 5.84. The largest absolute Gasteiger partial charge is 0.394 e. The summed E-state index contributed by atoms with van der Waals surface area (Å²) in [7, 11) is 0. The number of hydrogen-bond acceptors (Lipinski definition) is 9. The topological polar surface area (TPSA) is 152 Å². The van der Waals surface area contributed by atoms with Crippen molar-refractivity contribution in [3.8, 4) is 0 Å². The summed E-state index contributed by atoms with van der Waals surface area (Å²) in [6, 6.07) is 9.64. The van der Waals surface area contributed by atoms with Crippen LogP contribution in [0.4, 0.5) is 11.8 Å². The molecule has 0 aliphatic carbocycles. The summed E-state index contributed by atoms with van der Waals surface area (Å²) < 4.78 is 7.23. The molecular weight excluding hydrogens is 364 g/mol. The summed E-state index contributed by atoms with van der Waals surface area (Å²) in [6.07, 6.45) is -3.15. The lowest BCUT2D eigenvalue weighted by Crippen LogP contribution is -2.33. The number of nitrogens with two attached hydrogens (primary N) is 1. The van der Waals surface area contributed by atoms with Crippen LogP contribution in [0.5, 0.6) is 0 Å². The lowest BCUT2D eigenvalue weighted by atomic mass is 10.1. The molecule has 0 unspecified atom stereocenters. The van der Waals surface area contributed by atoms with Crippen LogP contribution in [0.25, 0.3) is 11.2 Å². The van der Waals surface area contributed by atoms with Gasteiger partial charge in [-0.1, -0.05) is 30.3 Å². The highest BCUT2D eigenvalue weighted by Crippen LogP contribution is 2.36. The van der Waals surface area contributed by atoms with Crippen molar-refractivity contribution in [3.05, 3.63) is 42.2 Å². The molecule has 1 aromatic carbocycles. The van der Waals surface area contributed by atoms with Crippen LogP contribution in [0, 0.1) is 0 Å². The van der Waals surface area contributed by atoms with Crippen molar-refractivity contribution >= 4 is 22.9 Å². The van der Waals surface area contributed by atoms with Crippen LogP contribution < -0.4 is 11.1 Å². The van der Waals surface area contributed by atoms with Gasteiger partial charge < -0.3 is 31.1 Å². The average Bonchev–Trinajstić information content (AvgIpc) is 3.21. The summed E-state index contributed by atoms with van der Waals surface area (Å²) in [5.74, 6) is 0.541. The molecule has 0 spiro atoms. The minimum Gasteiger partial charge on any atom is -0.394 e. The summed E-state index contributed by atoms with van der Waals surface area (Å²) in [6.45, 7) is 1.53. The molecule has 148 valence electrons. The maximum Gasteiger partial charge on any atom is 0.208 e. The number of imidazole rings is 1. The molecule has 0 saturated carbocycles. The van der Waals surface area contributed by atoms with E-state index in [9.17, 15) is 15.3 Å². The van der Waals surface area contributed by atoms with Crippen LogP contribution in [-0.4, -0.2) is 59.8 Å². The number of aromatic nitrogens is 4. The van der Waals surface area contributed by atoms with Gasteiger partial charge in [0.2, 0.25) is 5.95 Å². The van der Waals surface area contributed by atoms with E-state index >= 15 is 0 Å². The second kappa shape index (κ2) is 7.32. The molecular formula is C18H22N6O4. The molecule has 1 saturated heterocycles. The van der Waals surface area contributed by atoms with Crippen LogP contribution in [0.1, 0.15) is 24.8 Å². The summed E-state index contributed by atoms with van der Waals surface area (Å²) in [5, 5.41) is 33.3. The fraction of sp³-hybridized carbons (Fsp3) is 0.389. The Morgan fingerprint density at radius 2 is 1.96 bits per heavy atom. The van der Waals surface area contributed by atoms with Crippen molar-refractivity contribution in [2.45, 2.75) is 37.5 Å². The molecule has 4 rings (SSSR count). The molecule has 1 fully saturated rings. The second-order valence-electron chi connectivity index (χ2n) is 6.74. The van der Waals surface area contributed by atoms with Crippen molar-refractivity contribution in [2.75, 3.05) is 17.7 Å². The van der Waals surface area contributed by atoms with Gasteiger partial charge in [-0.15, -0.1) is 0 Å². The number of ether oxygens (including phenoxy) is 1. The normalized spacial score (nSPS) is 25.9. The number of aliphatic hydroxyl groups is 3. The van der Waals surface area contributed by atoms with Crippen LogP contribution in [0.3, 0.4) is 0 Å². The van der Waals surface area contributed by atoms with Gasteiger partial charge in [0.05, 0.1) is 12.6 Å². The van der Waals surface area contributed by atoms with Gasteiger partial charge in [-0.2, -0.15) is 0 Å². The number of nitrogens with zero attached hydrogens (tertiary/aromatic N) is 4. The monoisotopic (exact) mass is 386 g/mol. The lowest BCUT2D eigenvalue weighted by Gasteiger charge is -2.22. The predicted octanol–water partition coefficient (Wildman–Crippen LogP) is 0.193. The van der Waals surface area contributed by atoms with E-state index in [2.05, 4.69) is 20.3 Å². The van der Waals surface area contributed by atoms with E-state index in [-0.39, 0.29) is 11.9 Å². The van der Waals surface area contributed by atoms with Gasteiger partial charge in [-0.05, 0) is 12.5 Å². The zero-order valence-electron chi connectivity index (χ0n) is 15.2. The minimum atomic E-state index is -1.28. The number of benzene rings is 1. The van der Waals surface area contributed by atoms with Gasteiger partial charge in [0, 0.05) is 0 Å². The van der Waals surface area contributed by atoms with E-state index in [0.29, 0.717) is 17.1 Å². The minimum absolute atomic E-state index is 0.122. The van der Waals surface area contributed by atoms with Gasteiger partial charge in [0.25, 0.3) is 0 Å². The Balaban J connectivity index is 1.78. The smallest absolute Gasteiger partial charge is 0.208 e. The van der Waals surface area contributed by atoms with Crippen molar-refractivity contribution in [1.82, 2.24) is 19.5 Å². The van der Waals surface area contributed by atoms with Gasteiger partial charge in [-0.25, -0.2) is 15.0 Å². The molecule has 0 amide bonds. The average molecular weight is 386 g/mol. The quantitative estimate of drug-likeness (QED) is 0.414. The Kier molecular flexibility index (Phi) is 4.85. The third-order valence-electron chi connectivity index (χ3n) is 4.92. The SMILES string of the molecule is C[C@H](Nc1nc2c(N)ncnc2n1[C@@H]1O[C@H](CO)[C@@H](O)[C@H]1O)c1ccccc1. The Hall–Kier alpha value is -2.79. The molecule has 3 heterocycles. The molecule has 0 radical (unpaired) electrons. The highest BCUT2D eigenvalue weighted by atomic mass is 16.6. The van der Waals surface area contributed by atoms with E-state index in [0.717, 1.165) is 5.56 Å². The molecule has 28 heavy (non-hydrogen) atoms. The first-order valence-electron chi connectivity index (χ1n) is 8.93. The Bertz CT molecular complexity index is 965. The fourth-order valence-corrected chi connectivity index (χ4v) is 3.38. The molecule has 1 aliphatic rings. The number of hydrogen-bond donors (Lipinski definition) is 5. The molecule has 2 aromatic heterocycles. The first-order valence-corrected chi connectivity index (χ1v) is 8.93. The number of nitrogens with one attached hydrogen (secondary N) is 1. The van der Waals surface area contributed by atoms with Crippen molar-refractivity contribution in [1.29, 1.82) is 0 Å². The van der Waals surface area contributed by atoms with Crippen LogP contribution >= 0.6 is 0 Å². The van der Waals surface area contributed by atoms with Gasteiger partial charge >= 0.3 is 0 Å².